The number of carbonyl (C=O) groups excluding carboxylic acids is 1. The monoisotopic (exact) mass is 257 g/mol. The van der Waals surface area contributed by atoms with E-state index in [9.17, 15) is 4.79 Å². The van der Waals surface area contributed by atoms with Gasteiger partial charge in [0.05, 0.1) is 13.2 Å². The fraction of sp³-hybridized carbons (Fsp3) is 0.929. The molecule has 1 saturated carbocycles. The Hall–Kier alpha value is -0.610. The molecule has 0 spiro atoms. The average molecular weight is 257 g/mol. The Morgan fingerprint density at radius 1 is 1.39 bits per heavy atom. The van der Waals surface area contributed by atoms with Crippen LogP contribution in [0.25, 0.3) is 0 Å². The van der Waals surface area contributed by atoms with Crippen LogP contribution < -0.4 is 5.32 Å². The Morgan fingerprint density at radius 3 is 2.56 bits per heavy atom. The average Bonchev–Trinajstić information content (AvgIpc) is 3.05. The summed E-state index contributed by atoms with van der Waals surface area (Å²) in [4.78, 5) is 11.7. The van der Waals surface area contributed by atoms with Gasteiger partial charge < -0.3 is 9.47 Å². The Kier molecular flexibility index (Phi) is 6.09. The highest BCUT2D eigenvalue weighted by Crippen LogP contribution is 2.20. The summed E-state index contributed by atoms with van der Waals surface area (Å²) in [6.45, 7) is 9.89. The smallest absolute Gasteiger partial charge is 0.325 e. The van der Waals surface area contributed by atoms with Crippen LogP contribution in [0.5, 0.6) is 0 Å². The summed E-state index contributed by atoms with van der Waals surface area (Å²) in [5.74, 6) is -0.194. The van der Waals surface area contributed by atoms with Gasteiger partial charge in [-0.1, -0.05) is 20.8 Å². The van der Waals surface area contributed by atoms with Crippen molar-refractivity contribution in [2.75, 3.05) is 19.8 Å². The first-order valence-corrected chi connectivity index (χ1v) is 6.93. The van der Waals surface area contributed by atoms with Crippen LogP contribution >= 0.6 is 0 Å². The van der Waals surface area contributed by atoms with E-state index < -0.39 is 0 Å². The fourth-order valence-corrected chi connectivity index (χ4v) is 1.54. The molecule has 0 radical (unpaired) electrons. The lowest BCUT2D eigenvalue weighted by Gasteiger charge is -2.20. The van der Waals surface area contributed by atoms with Gasteiger partial charge in [0.25, 0.3) is 0 Å². The topological polar surface area (TPSA) is 47.6 Å². The van der Waals surface area contributed by atoms with E-state index in [-0.39, 0.29) is 17.4 Å². The van der Waals surface area contributed by atoms with Gasteiger partial charge in [-0.25, -0.2) is 0 Å². The summed E-state index contributed by atoms with van der Waals surface area (Å²) in [5.41, 5.74) is 0.267. The Labute approximate surface area is 110 Å². The zero-order valence-electron chi connectivity index (χ0n) is 12.1. The standard InChI is InChI=1S/C14H27NO3/c1-5-18-13(16)12(15-11-6-7-11)10-17-9-8-14(2,3)4/h11-12,15H,5-10H2,1-4H3. The first-order valence-electron chi connectivity index (χ1n) is 6.93. The number of carbonyl (C=O) groups is 1. The molecule has 1 fully saturated rings. The van der Waals surface area contributed by atoms with Crippen LogP contribution in [0.4, 0.5) is 0 Å². The quantitative estimate of drug-likeness (QED) is 0.534. The highest BCUT2D eigenvalue weighted by Gasteiger charge is 2.29. The molecule has 0 aromatic rings. The first kappa shape index (κ1) is 15.4. The molecule has 1 aliphatic carbocycles. The van der Waals surface area contributed by atoms with Crippen LogP contribution in [0.15, 0.2) is 0 Å². The third kappa shape index (κ3) is 6.97. The molecule has 0 aromatic heterocycles. The molecular weight excluding hydrogens is 230 g/mol. The van der Waals surface area contributed by atoms with Crippen molar-refractivity contribution in [2.24, 2.45) is 5.41 Å². The van der Waals surface area contributed by atoms with E-state index >= 15 is 0 Å². The maximum atomic E-state index is 11.7. The molecule has 0 bridgehead atoms. The molecule has 1 rings (SSSR count). The van der Waals surface area contributed by atoms with Crippen molar-refractivity contribution in [3.63, 3.8) is 0 Å². The van der Waals surface area contributed by atoms with Crippen LogP contribution in [0.2, 0.25) is 0 Å². The molecule has 1 aliphatic rings. The molecular formula is C14H27NO3. The van der Waals surface area contributed by atoms with Crippen molar-refractivity contribution in [1.29, 1.82) is 0 Å². The number of esters is 1. The zero-order chi connectivity index (χ0) is 13.6. The van der Waals surface area contributed by atoms with Gasteiger partial charge in [-0.2, -0.15) is 0 Å². The van der Waals surface area contributed by atoms with E-state index in [2.05, 4.69) is 26.1 Å². The van der Waals surface area contributed by atoms with E-state index in [1.54, 1.807) is 0 Å². The minimum absolute atomic E-state index is 0.194. The van der Waals surface area contributed by atoms with Gasteiger partial charge in [0.15, 0.2) is 0 Å². The predicted octanol–water partition coefficient (Wildman–Crippen LogP) is 2.12. The molecule has 4 heteroatoms. The van der Waals surface area contributed by atoms with E-state index in [1.807, 2.05) is 6.92 Å². The van der Waals surface area contributed by atoms with Crippen molar-refractivity contribution in [1.82, 2.24) is 5.32 Å². The number of ether oxygens (including phenoxy) is 2. The molecule has 0 heterocycles. The Morgan fingerprint density at radius 2 is 2.06 bits per heavy atom. The largest absolute Gasteiger partial charge is 0.465 e. The summed E-state index contributed by atoms with van der Waals surface area (Å²) in [7, 11) is 0. The van der Waals surface area contributed by atoms with Crippen molar-refractivity contribution >= 4 is 5.97 Å². The van der Waals surface area contributed by atoms with Gasteiger partial charge in [-0.15, -0.1) is 0 Å². The Balaban J connectivity index is 2.24. The maximum absolute atomic E-state index is 11.7. The second-order valence-corrected chi connectivity index (χ2v) is 6.13. The first-order chi connectivity index (χ1) is 8.42. The van der Waals surface area contributed by atoms with Crippen LogP contribution in [-0.4, -0.2) is 37.9 Å². The second-order valence-electron chi connectivity index (χ2n) is 6.13. The number of hydrogen-bond acceptors (Lipinski definition) is 4. The second kappa shape index (κ2) is 7.10. The van der Waals surface area contributed by atoms with Crippen molar-refractivity contribution < 1.29 is 14.3 Å². The maximum Gasteiger partial charge on any atom is 0.325 e. The molecule has 18 heavy (non-hydrogen) atoms. The van der Waals surface area contributed by atoms with E-state index in [0.717, 1.165) is 19.3 Å². The van der Waals surface area contributed by atoms with Crippen LogP contribution in [0.1, 0.15) is 47.0 Å². The third-order valence-electron chi connectivity index (χ3n) is 2.87. The summed E-state index contributed by atoms with van der Waals surface area (Å²) in [6, 6.07) is 0.169. The van der Waals surface area contributed by atoms with Crippen molar-refractivity contribution in [2.45, 2.75) is 59.0 Å². The number of nitrogens with one attached hydrogen (secondary N) is 1. The number of rotatable bonds is 8. The molecule has 1 N–H and O–H groups in total. The zero-order valence-corrected chi connectivity index (χ0v) is 12.1. The van der Waals surface area contributed by atoms with E-state index in [0.29, 0.717) is 25.9 Å². The summed E-state index contributed by atoms with van der Waals surface area (Å²) >= 11 is 0. The van der Waals surface area contributed by atoms with Crippen LogP contribution in [0, 0.1) is 5.41 Å². The predicted molar refractivity (Wildman–Crippen MR) is 71.5 cm³/mol. The summed E-state index contributed by atoms with van der Waals surface area (Å²) in [5, 5.41) is 3.27. The number of hydrogen-bond donors (Lipinski definition) is 1. The minimum Gasteiger partial charge on any atom is -0.465 e. The normalized spacial score (nSPS) is 17.6. The molecule has 0 aromatic carbocycles. The summed E-state index contributed by atoms with van der Waals surface area (Å²) < 4.78 is 10.7. The van der Waals surface area contributed by atoms with Crippen molar-refractivity contribution in [3.05, 3.63) is 0 Å². The highest BCUT2D eigenvalue weighted by molar-refractivity contribution is 5.76. The van der Waals surface area contributed by atoms with Gasteiger partial charge in [0.1, 0.15) is 6.04 Å². The lowest BCUT2D eigenvalue weighted by atomic mass is 9.93. The van der Waals surface area contributed by atoms with Gasteiger partial charge >= 0.3 is 5.97 Å². The van der Waals surface area contributed by atoms with Crippen molar-refractivity contribution in [3.8, 4) is 0 Å². The lowest BCUT2D eigenvalue weighted by Crippen LogP contribution is -2.43. The molecule has 0 amide bonds. The Bertz CT molecular complexity index is 256. The molecule has 0 saturated heterocycles. The molecule has 106 valence electrons. The van der Waals surface area contributed by atoms with Gasteiger partial charge in [-0.05, 0) is 31.6 Å². The third-order valence-corrected chi connectivity index (χ3v) is 2.87. The van der Waals surface area contributed by atoms with E-state index in [1.165, 1.54) is 0 Å². The van der Waals surface area contributed by atoms with Crippen LogP contribution in [0.3, 0.4) is 0 Å². The van der Waals surface area contributed by atoms with Crippen LogP contribution in [-0.2, 0) is 14.3 Å². The molecule has 1 unspecified atom stereocenters. The highest BCUT2D eigenvalue weighted by atomic mass is 16.5. The van der Waals surface area contributed by atoms with Gasteiger partial charge in [-0.3, -0.25) is 10.1 Å². The fourth-order valence-electron chi connectivity index (χ4n) is 1.54. The minimum atomic E-state index is -0.308. The molecule has 1 atom stereocenters. The lowest BCUT2D eigenvalue weighted by molar-refractivity contribution is -0.147. The van der Waals surface area contributed by atoms with Gasteiger partial charge in [0.2, 0.25) is 0 Å². The SMILES string of the molecule is CCOC(=O)C(COCCC(C)(C)C)NC1CC1. The molecule has 4 nitrogen and oxygen atoms in total. The van der Waals surface area contributed by atoms with E-state index in [4.69, 9.17) is 9.47 Å². The van der Waals surface area contributed by atoms with Gasteiger partial charge in [0, 0.05) is 12.6 Å². The summed E-state index contributed by atoms with van der Waals surface area (Å²) in [6.07, 6.45) is 3.29. The molecule has 0 aliphatic heterocycles.